The first kappa shape index (κ1) is 43.0. The Morgan fingerprint density at radius 2 is 1.06 bits per heavy atom. The van der Waals surface area contributed by atoms with E-state index in [4.69, 9.17) is 22.9 Å². The summed E-state index contributed by atoms with van der Waals surface area (Å²) in [6, 6.07) is 57.6. The van der Waals surface area contributed by atoms with Crippen molar-refractivity contribution >= 4 is 65.9 Å². The molecule has 70 heavy (non-hydrogen) atoms. The SMILES string of the molecule is CC(C)c1cc2c(oc3ccccc32)c(C(C)C)c1-n1c(-c2[c-]ccc3c2oc2ccccc23)nc2ccccc21.[2H]C([2H])([2H])c1c[c-]c(-c2nc3ccccc3n2-c2c(C(C)C)cccc2C(C)C)cc1.[Ir]. The third-order valence-electron chi connectivity index (χ3n) is 13.4. The number of furan rings is 2. The van der Waals surface area contributed by atoms with E-state index in [-0.39, 0.29) is 37.5 Å². The fourth-order valence-electron chi connectivity index (χ4n) is 10.2. The van der Waals surface area contributed by atoms with E-state index in [0.29, 0.717) is 11.8 Å². The van der Waals surface area contributed by atoms with Crippen LogP contribution in [-0.2, 0) is 20.1 Å². The maximum atomic E-state index is 7.66. The minimum atomic E-state index is -2.15. The maximum Gasteiger partial charge on any atom is 0.140 e. The first-order valence-electron chi connectivity index (χ1n) is 25.6. The van der Waals surface area contributed by atoms with Gasteiger partial charge < -0.3 is 18.0 Å². The molecule has 0 saturated carbocycles. The molecule has 12 aromatic rings. The normalized spacial score (nSPS) is 12.7. The molecule has 8 aromatic carbocycles. The van der Waals surface area contributed by atoms with E-state index in [9.17, 15) is 0 Å². The van der Waals surface area contributed by atoms with Gasteiger partial charge in [0.2, 0.25) is 0 Å². The first-order valence-corrected chi connectivity index (χ1v) is 24.1. The summed E-state index contributed by atoms with van der Waals surface area (Å²) >= 11 is 0. The predicted octanol–water partition coefficient (Wildman–Crippen LogP) is 17.6. The smallest absolute Gasteiger partial charge is 0.140 e. The summed E-state index contributed by atoms with van der Waals surface area (Å²) in [6.45, 7) is 15.7. The third kappa shape index (κ3) is 7.86. The summed E-state index contributed by atoms with van der Waals surface area (Å²) in [4.78, 5) is 10.2. The molecule has 0 aliphatic rings. The number of hydrogen-bond donors (Lipinski definition) is 0. The van der Waals surface area contributed by atoms with Gasteiger partial charge in [-0.3, -0.25) is 9.97 Å². The van der Waals surface area contributed by atoms with Crippen LogP contribution in [0.3, 0.4) is 0 Å². The van der Waals surface area contributed by atoms with Crippen LogP contribution in [0.5, 0.6) is 0 Å². The first-order chi connectivity index (χ1) is 34.7. The zero-order valence-electron chi connectivity index (χ0n) is 43.7. The number of nitrogens with zero attached hydrogens (tertiary/aromatic N) is 4. The fraction of sp³-hybridized carbons (Fsp3) is 0.206. The molecule has 4 aromatic heterocycles. The predicted molar refractivity (Wildman–Crippen MR) is 286 cm³/mol. The minimum Gasteiger partial charge on any atom is -0.501 e. The molecule has 4 heterocycles. The Balaban J connectivity index is 0.000000172. The monoisotopic (exact) mass is 1100 g/mol. The summed E-state index contributed by atoms with van der Waals surface area (Å²) in [6.07, 6.45) is 0. The molecule has 0 saturated heterocycles. The average molecular weight is 1100 g/mol. The minimum absolute atomic E-state index is 0. The summed E-state index contributed by atoms with van der Waals surface area (Å²) in [7, 11) is 0. The molecule has 0 atom stereocenters. The Morgan fingerprint density at radius 1 is 0.500 bits per heavy atom. The largest absolute Gasteiger partial charge is 0.501 e. The molecule has 0 N–H and O–H groups in total. The topological polar surface area (TPSA) is 61.9 Å². The van der Waals surface area contributed by atoms with E-state index < -0.39 is 6.85 Å². The molecule has 0 fully saturated rings. The Labute approximate surface area is 427 Å². The van der Waals surface area contributed by atoms with Crippen molar-refractivity contribution in [1.29, 1.82) is 0 Å². The second kappa shape index (κ2) is 18.7. The molecule has 0 unspecified atom stereocenters. The third-order valence-corrected chi connectivity index (χ3v) is 13.4. The standard InChI is InChI=1S/C37H29N2O2.C26H27N2.Ir/c1-21(2)27-20-28-24-13-6-10-19-32(24)41-36(28)33(22(3)4)34(27)39-30-17-8-7-16-29(30)38-37(39)26-15-11-14-25-23-12-5-9-18-31(23)40-35(25)26;1-17(2)21-9-8-10-22(18(3)4)25(21)28-24-12-7-6-11-23(24)27-26(28)20-15-13-19(5)14-16-20;/h5-14,16-22H,1-4H3;6-15,17-18H,1-5H3;/q2*-1;/i;5D3;. The second-order valence-corrected chi connectivity index (χ2v) is 19.3. The van der Waals surface area contributed by atoms with Crippen molar-refractivity contribution < 1.29 is 33.1 Å². The summed E-state index contributed by atoms with van der Waals surface area (Å²) < 4.78 is 40.6. The number of aromatic nitrogens is 4. The zero-order chi connectivity index (χ0) is 50.2. The molecule has 1 radical (unpaired) electrons. The van der Waals surface area contributed by atoms with Crippen LogP contribution in [0.1, 0.15) is 111 Å². The van der Waals surface area contributed by atoms with Crippen molar-refractivity contribution in [2.45, 2.75) is 85.9 Å². The van der Waals surface area contributed by atoms with Crippen LogP contribution in [0, 0.1) is 19.0 Å². The van der Waals surface area contributed by atoms with Gasteiger partial charge in [0.1, 0.15) is 16.7 Å². The fourth-order valence-corrected chi connectivity index (χ4v) is 10.2. The summed E-state index contributed by atoms with van der Waals surface area (Å²) in [5.74, 6) is 2.73. The Kier molecular flexibility index (Phi) is 11.5. The second-order valence-electron chi connectivity index (χ2n) is 19.3. The van der Waals surface area contributed by atoms with Gasteiger partial charge in [0.05, 0.1) is 39.3 Å². The molecule has 7 heteroatoms. The molecule has 0 aliphatic carbocycles. The van der Waals surface area contributed by atoms with Gasteiger partial charge >= 0.3 is 0 Å². The number of aryl methyl sites for hydroxylation is 1. The molecule has 0 aliphatic heterocycles. The molecular weight excluding hydrogens is 1040 g/mol. The van der Waals surface area contributed by atoms with E-state index in [1.165, 1.54) is 22.3 Å². The van der Waals surface area contributed by atoms with Crippen LogP contribution >= 0.6 is 0 Å². The number of imidazole rings is 2. The Hall–Kier alpha value is -7.05. The van der Waals surface area contributed by atoms with E-state index >= 15 is 0 Å². The van der Waals surface area contributed by atoms with E-state index in [2.05, 4.69) is 162 Å². The quantitative estimate of drug-likeness (QED) is 0.142. The van der Waals surface area contributed by atoms with Gasteiger partial charge in [0, 0.05) is 57.3 Å². The van der Waals surface area contributed by atoms with Gasteiger partial charge in [-0.05, 0) is 82.8 Å². The molecular formula is C63H56IrN4O2-2. The zero-order valence-corrected chi connectivity index (χ0v) is 43.1. The van der Waals surface area contributed by atoms with Crippen molar-refractivity contribution in [2.24, 2.45) is 0 Å². The van der Waals surface area contributed by atoms with Crippen molar-refractivity contribution in [3.8, 4) is 34.2 Å². The number of para-hydroxylation sites is 7. The van der Waals surface area contributed by atoms with Crippen molar-refractivity contribution in [2.75, 3.05) is 0 Å². The van der Waals surface area contributed by atoms with Gasteiger partial charge in [-0.25, -0.2) is 0 Å². The van der Waals surface area contributed by atoms with E-state index in [1.807, 2.05) is 54.6 Å². The van der Waals surface area contributed by atoms with Gasteiger partial charge in [-0.15, -0.1) is 53.6 Å². The van der Waals surface area contributed by atoms with E-state index in [1.54, 1.807) is 12.1 Å². The van der Waals surface area contributed by atoms with Crippen LogP contribution in [-0.4, -0.2) is 19.1 Å². The Bertz CT molecular complexity index is 3980. The average Bonchev–Trinajstić information content (AvgIpc) is 4.15. The number of rotatable bonds is 8. The summed E-state index contributed by atoms with van der Waals surface area (Å²) in [5, 5.41) is 4.46. The van der Waals surface area contributed by atoms with Gasteiger partial charge in [-0.2, -0.15) is 0 Å². The van der Waals surface area contributed by atoms with Crippen molar-refractivity contribution in [3.05, 3.63) is 192 Å². The molecule has 351 valence electrons. The van der Waals surface area contributed by atoms with Gasteiger partial charge in [0.15, 0.2) is 0 Å². The molecule has 0 bridgehead atoms. The van der Waals surface area contributed by atoms with Crippen LogP contribution in [0.2, 0.25) is 0 Å². The number of hydrogen-bond acceptors (Lipinski definition) is 4. The molecule has 0 amide bonds. The maximum absolute atomic E-state index is 7.66. The van der Waals surface area contributed by atoms with Crippen molar-refractivity contribution in [3.63, 3.8) is 0 Å². The van der Waals surface area contributed by atoms with Crippen LogP contribution < -0.4 is 0 Å². The van der Waals surface area contributed by atoms with Crippen LogP contribution in [0.15, 0.2) is 160 Å². The number of fused-ring (bicyclic) bond motifs is 8. The summed E-state index contributed by atoms with van der Waals surface area (Å²) in [5.41, 5.74) is 16.6. The van der Waals surface area contributed by atoms with Gasteiger partial charge in [0.25, 0.3) is 0 Å². The van der Waals surface area contributed by atoms with Crippen LogP contribution in [0.25, 0.3) is 100 Å². The van der Waals surface area contributed by atoms with Gasteiger partial charge in [-0.1, -0.05) is 152 Å². The number of benzene rings is 8. The molecule has 6 nitrogen and oxygen atoms in total. The molecule has 0 spiro atoms. The molecule has 12 rings (SSSR count). The van der Waals surface area contributed by atoms with Crippen molar-refractivity contribution in [1.82, 2.24) is 19.1 Å². The Morgan fingerprint density at radius 3 is 1.64 bits per heavy atom. The van der Waals surface area contributed by atoms with Crippen LogP contribution in [0.4, 0.5) is 0 Å². The van der Waals surface area contributed by atoms with E-state index in [0.717, 1.165) is 100 Å².